The van der Waals surface area contributed by atoms with Gasteiger partial charge in [0.2, 0.25) is 5.88 Å². The fourth-order valence-electron chi connectivity index (χ4n) is 4.02. The van der Waals surface area contributed by atoms with Crippen molar-refractivity contribution in [2.24, 2.45) is 0 Å². The van der Waals surface area contributed by atoms with E-state index in [1.54, 1.807) is 17.7 Å². The molecule has 1 fully saturated rings. The summed E-state index contributed by atoms with van der Waals surface area (Å²) in [5.74, 6) is 0.585. The van der Waals surface area contributed by atoms with Crippen LogP contribution in [0.2, 0.25) is 0 Å². The Labute approximate surface area is 177 Å². The number of piperazine rings is 1. The number of fused-ring (bicyclic) bond motifs is 2. The van der Waals surface area contributed by atoms with Crippen LogP contribution in [0.25, 0.3) is 10.8 Å². The van der Waals surface area contributed by atoms with E-state index in [9.17, 15) is 4.79 Å². The number of amides is 1. The second-order valence-electron chi connectivity index (χ2n) is 7.85. The second kappa shape index (κ2) is 7.52. The number of nitrogens with zero attached hydrogens (tertiary/aromatic N) is 6. The van der Waals surface area contributed by atoms with E-state index in [0.29, 0.717) is 14.5 Å². The molecule has 0 bridgehead atoms. The Kier molecular flexibility index (Phi) is 4.83. The Hall–Kier alpha value is -2.70. The first kappa shape index (κ1) is 19.3. The summed E-state index contributed by atoms with van der Waals surface area (Å²) in [7, 11) is 4.18. The maximum absolute atomic E-state index is 13.0. The maximum Gasteiger partial charge on any atom is 0.252 e. The molecule has 0 N–H and O–H groups in total. The first-order valence-corrected chi connectivity index (χ1v) is 11.1. The first-order chi connectivity index (χ1) is 14.5. The summed E-state index contributed by atoms with van der Waals surface area (Å²) >= 11 is 0. The predicted octanol–water partition coefficient (Wildman–Crippen LogP) is 1.89. The van der Waals surface area contributed by atoms with E-state index in [1.165, 1.54) is 0 Å². The number of aryl methyl sites for hydroxylation is 1. The normalized spacial score (nSPS) is 23.0. The molecule has 3 aliphatic rings. The molecule has 2 unspecified atom stereocenters. The van der Waals surface area contributed by atoms with Crippen molar-refractivity contribution in [3.8, 4) is 5.88 Å². The van der Waals surface area contributed by atoms with Gasteiger partial charge in [0.25, 0.3) is 5.91 Å². The van der Waals surface area contributed by atoms with Gasteiger partial charge in [-0.25, -0.2) is 9.50 Å². The van der Waals surface area contributed by atoms with Crippen LogP contribution in [0, 0.1) is 6.92 Å². The Morgan fingerprint density at radius 1 is 1.23 bits per heavy atom. The Bertz CT molecular complexity index is 1100. The van der Waals surface area contributed by atoms with Gasteiger partial charge in [0.05, 0.1) is 36.2 Å². The molecule has 9 heteroatoms. The van der Waals surface area contributed by atoms with Crippen LogP contribution in [-0.2, 0) is 4.79 Å². The van der Waals surface area contributed by atoms with Crippen molar-refractivity contribution in [2.75, 3.05) is 40.3 Å². The van der Waals surface area contributed by atoms with Gasteiger partial charge in [0, 0.05) is 43.8 Å². The number of aromatic nitrogens is 3. The highest BCUT2D eigenvalue weighted by Gasteiger charge is 2.31. The van der Waals surface area contributed by atoms with Crippen molar-refractivity contribution in [1.29, 1.82) is 0 Å². The predicted molar refractivity (Wildman–Crippen MR) is 117 cm³/mol. The molecule has 0 radical (unpaired) electrons. The molecule has 2 atom stereocenters. The largest absolute Gasteiger partial charge is 0.479 e. The summed E-state index contributed by atoms with van der Waals surface area (Å²) in [6, 6.07) is 1.95. The van der Waals surface area contributed by atoms with E-state index in [1.807, 2.05) is 30.3 Å². The Morgan fingerprint density at radius 2 is 2.03 bits per heavy atom. The van der Waals surface area contributed by atoms with Gasteiger partial charge >= 0.3 is 0 Å². The monoisotopic (exact) mass is 424 g/mol. The minimum Gasteiger partial charge on any atom is -0.479 e. The van der Waals surface area contributed by atoms with Gasteiger partial charge in [-0.15, -0.1) is 0 Å². The van der Waals surface area contributed by atoms with E-state index < -0.39 is 0 Å². The van der Waals surface area contributed by atoms with Crippen LogP contribution in [0.3, 0.4) is 0 Å². The van der Waals surface area contributed by atoms with Gasteiger partial charge in [0.15, 0.2) is 0 Å². The average Bonchev–Trinajstić information content (AvgIpc) is 3.17. The van der Waals surface area contributed by atoms with Crippen LogP contribution in [0.4, 0.5) is 0 Å². The summed E-state index contributed by atoms with van der Waals surface area (Å²) in [4.78, 5) is 23.9. The standard InChI is InChI=1S/C21H25N6O2P/c1-14-12-27-17(21(22-14)29-3)10-16(23-27)18-11-19(28)26-13-15(4-5-20(26)30-18)25-8-6-24(2)7-9-25/h4-5,10-13,20,30H,6-9H2,1-3H3. The van der Waals surface area contributed by atoms with Crippen LogP contribution in [0.5, 0.6) is 5.88 Å². The lowest BCUT2D eigenvalue weighted by Gasteiger charge is -2.39. The third-order valence-corrected chi connectivity index (χ3v) is 7.20. The average molecular weight is 424 g/mol. The molecule has 0 aromatic carbocycles. The lowest BCUT2D eigenvalue weighted by molar-refractivity contribution is -0.123. The van der Waals surface area contributed by atoms with Crippen molar-refractivity contribution in [2.45, 2.75) is 12.7 Å². The van der Waals surface area contributed by atoms with Crippen LogP contribution >= 0.6 is 8.58 Å². The second-order valence-corrected chi connectivity index (χ2v) is 9.27. The molecule has 3 aliphatic heterocycles. The molecular weight excluding hydrogens is 399 g/mol. The summed E-state index contributed by atoms with van der Waals surface area (Å²) in [5, 5.41) is 5.65. The number of carbonyl (C=O) groups is 1. The van der Waals surface area contributed by atoms with Gasteiger partial charge in [0.1, 0.15) is 5.52 Å². The highest BCUT2D eigenvalue weighted by atomic mass is 31.1. The van der Waals surface area contributed by atoms with Gasteiger partial charge in [-0.1, -0.05) is 14.7 Å². The van der Waals surface area contributed by atoms with Gasteiger partial charge in [-0.05, 0) is 26.1 Å². The fraction of sp³-hybridized carbons (Fsp3) is 0.381. The number of rotatable bonds is 3. The van der Waals surface area contributed by atoms with Gasteiger partial charge in [-0.3, -0.25) is 4.79 Å². The molecule has 8 nitrogen and oxygen atoms in total. The lowest BCUT2D eigenvalue weighted by Crippen LogP contribution is -2.45. The van der Waals surface area contributed by atoms with Gasteiger partial charge in [-0.2, -0.15) is 5.10 Å². The van der Waals surface area contributed by atoms with Crippen molar-refractivity contribution in [1.82, 2.24) is 29.3 Å². The van der Waals surface area contributed by atoms with Crippen molar-refractivity contribution >= 4 is 25.3 Å². The number of carbonyl (C=O) groups excluding carboxylic acids is 1. The van der Waals surface area contributed by atoms with Crippen molar-refractivity contribution in [3.63, 3.8) is 0 Å². The number of hydrogen-bond acceptors (Lipinski definition) is 6. The number of likely N-dealkylation sites (N-methyl/N-ethyl adjacent to an activating group) is 1. The number of ether oxygens (including phenoxy) is 1. The lowest BCUT2D eigenvalue weighted by atomic mass is 10.2. The van der Waals surface area contributed by atoms with Crippen LogP contribution in [-0.4, -0.2) is 81.3 Å². The molecule has 1 saturated heterocycles. The molecule has 156 valence electrons. The highest BCUT2D eigenvalue weighted by molar-refractivity contribution is 7.51. The number of hydrogen-bond donors (Lipinski definition) is 0. The smallest absolute Gasteiger partial charge is 0.252 e. The minimum absolute atomic E-state index is 0.00283. The number of allylic oxidation sites excluding steroid dienone is 1. The van der Waals surface area contributed by atoms with Gasteiger partial charge < -0.3 is 19.4 Å². The third-order valence-electron chi connectivity index (χ3n) is 5.73. The van der Waals surface area contributed by atoms with E-state index in [2.05, 4.69) is 39.1 Å². The van der Waals surface area contributed by atoms with E-state index in [4.69, 9.17) is 4.74 Å². The Balaban J connectivity index is 1.42. The summed E-state index contributed by atoms with van der Waals surface area (Å²) in [5.41, 5.74) is 3.55. The Morgan fingerprint density at radius 3 is 2.80 bits per heavy atom. The zero-order chi connectivity index (χ0) is 20.8. The van der Waals surface area contributed by atoms with E-state index >= 15 is 0 Å². The maximum atomic E-state index is 13.0. The quantitative estimate of drug-likeness (QED) is 0.702. The number of methoxy groups -OCH3 is 1. The van der Waals surface area contributed by atoms with Crippen LogP contribution in [0.1, 0.15) is 11.4 Å². The SMILES string of the molecule is COc1nc(C)cn2nc(C3=CC(=O)N4C=C(N5CCN(C)CC5)C=CC4P3)cc12. The molecule has 5 heterocycles. The fourth-order valence-corrected chi connectivity index (χ4v) is 5.35. The molecule has 1 amide bonds. The molecule has 5 rings (SSSR count). The third kappa shape index (κ3) is 3.40. The van der Waals surface area contributed by atoms with Crippen molar-refractivity contribution in [3.05, 3.63) is 53.8 Å². The summed E-state index contributed by atoms with van der Waals surface area (Å²) < 4.78 is 7.18. The van der Waals surface area contributed by atoms with Crippen molar-refractivity contribution < 1.29 is 9.53 Å². The molecule has 2 aromatic rings. The highest BCUT2D eigenvalue weighted by Crippen LogP contribution is 2.44. The van der Waals surface area contributed by atoms with Crippen LogP contribution < -0.4 is 4.74 Å². The summed E-state index contributed by atoms with van der Waals surface area (Å²) in [6.45, 7) is 5.96. The first-order valence-electron chi connectivity index (χ1n) is 10.1. The van der Waals surface area contributed by atoms with E-state index in [-0.39, 0.29) is 11.7 Å². The van der Waals surface area contributed by atoms with Crippen LogP contribution in [0.15, 0.2) is 42.4 Å². The molecule has 0 saturated carbocycles. The topological polar surface area (TPSA) is 66.2 Å². The molecule has 0 aliphatic carbocycles. The minimum atomic E-state index is 0.00283. The molecule has 0 spiro atoms. The molecule has 30 heavy (non-hydrogen) atoms. The summed E-state index contributed by atoms with van der Waals surface area (Å²) in [6.07, 6.45) is 9.92. The molecular formula is C21H25N6O2P. The van der Waals surface area contributed by atoms with E-state index in [0.717, 1.165) is 54.1 Å². The molecule has 2 aromatic heterocycles. The zero-order valence-electron chi connectivity index (χ0n) is 17.4. The zero-order valence-corrected chi connectivity index (χ0v) is 18.4.